The monoisotopic (exact) mass is 305 g/mol. The maximum absolute atomic E-state index is 5.97. The van der Waals surface area contributed by atoms with Gasteiger partial charge in [0.2, 0.25) is 0 Å². The Bertz CT molecular complexity index is 375. The van der Waals surface area contributed by atoms with E-state index in [4.69, 9.17) is 23.2 Å². The Morgan fingerprint density at radius 2 is 1.83 bits per heavy atom. The molecule has 0 aliphatic heterocycles. The largest absolute Gasteiger partial charge is 0.316 e. The minimum absolute atomic E-state index is 0.407. The molecule has 4 heteroatoms. The summed E-state index contributed by atoms with van der Waals surface area (Å²) < 4.78 is 0. The van der Waals surface area contributed by atoms with Crippen molar-refractivity contribution in [3.05, 3.63) is 28.2 Å². The number of hydrogen-bond donors (Lipinski definition) is 1. The Labute approximate surface area is 125 Å². The van der Waals surface area contributed by atoms with Gasteiger partial charge in [0.15, 0.2) is 0 Å². The van der Waals surface area contributed by atoms with Gasteiger partial charge in [0.05, 0.1) is 10.0 Å². The second kappa shape index (κ2) is 7.64. The SMILES string of the molecule is CC(C)(C)CCNCCSc1ccc(Cl)c(Cl)c1. The Morgan fingerprint density at radius 3 is 2.44 bits per heavy atom. The molecule has 0 radical (unpaired) electrons. The summed E-state index contributed by atoms with van der Waals surface area (Å²) in [4.78, 5) is 1.17. The number of benzene rings is 1. The van der Waals surface area contributed by atoms with Crippen LogP contribution in [0.3, 0.4) is 0 Å². The first-order valence-electron chi connectivity index (χ1n) is 6.17. The first-order chi connectivity index (χ1) is 8.38. The molecule has 0 aliphatic rings. The van der Waals surface area contributed by atoms with Crippen LogP contribution in [-0.2, 0) is 0 Å². The smallest absolute Gasteiger partial charge is 0.0603 e. The van der Waals surface area contributed by atoms with Crippen LogP contribution in [-0.4, -0.2) is 18.8 Å². The van der Waals surface area contributed by atoms with Crippen molar-refractivity contribution in [3.63, 3.8) is 0 Å². The maximum Gasteiger partial charge on any atom is 0.0603 e. The average Bonchev–Trinajstić information content (AvgIpc) is 2.26. The van der Waals surface area contributed by atoms with Crippen molar-refractivity contribution < 1.29 is 0 Å². The standard InChI is InChI=1S/C14H21Cl2NS/c1-14(2,3)6-7-17-8-9-18-11-4-5-12(15)13(16)10-11/h4-5,10,17H,6-9H2,1-3H3. The summed E-state index contributed by atoms with van der Waals surface area (Å²) in [5.41, 5.74) is 0.407. The van der Waals surface area contributed by atoms with Gasteiger partial charge in [-0.25, -0.2) is 0 Å². The highest BCUT2D eigenvalue weighted by Crippen LogP contribution is 2.27. The Kier molecular flexibility index (Phi) is 6.86. The molecule has 0 saturated heterocycles. The summed E-state index contributed by atoms with van der Waals surface area (Å²) in [5.74, 6) is 1.04. The predicted molar refractivity (Wildman–Crippen MR) is 84.1 cm³/mol. The number of thioether (sulfide) groups is 1. The molecule has 1 aromatic carbocycles. The van der Waals surface area contributed by atoms with Crippen LogP contribution < -0.4 is 5.32 Å². The van der Waals surface area contributed by atoms with E-state index in [9.17, 15) is 0 Å². The van der Waals surface area contributed by atoms with E-state index in [0.29, 0.717) is 15.5 Å². The molecule has 102 valence electrons. The fourth-order valence-corrected chi connectivity index (χ4v) is 2.61. The molecule has 0 unspecified atom stereocenters. The van der Waals surface area contributed by atoms with Crippen LogP contribution in [0.4, 0.5) is 0 Å². The van der Waals surface area contributed by atoms with Crippen molar-refractivity contribution in [1.82, 2.24) is 5.32 Å². The van der Waals surface area contributed by atoms with Gasteiger partial charge in [-0.1, -0.05) is 44.0 Å². The molecular formula is C14H21Cl2NS. The first-order valence-corrected chi connectivity index (χ1v) is 7.91. The van der Waals surface area contributed by atoms with E-state index >= 15 is 0 Å². The lowest BCUT2D eigenvalue weighted by Gasteiger charge is -2.17. The molecule has 0 atom stereocenters. The van der Waals surface area contributed by atoms with Gasteiger partial charge in [0.1, 0.15) is 0 Å². The third-order valence-electron chi connectivity index (χ3n) is 2.49. The summed E-state index contributed by atoms with van der Waals surface area (Å²) in [6.07, 6.45) is 1.20. The molecule has 0 saturated carbocycles. The van der Waals surface area contributed by atoms with Gasteiger partial charge in [-0.3, -0.25) is 0 Å². The second-order valence-corrected chi connectivity index (χ2v) is 7.47. The highest BCUT2D eigenvalue weighted by Gasteiger charge is 2.08. The van der Waals surface area contributed by atoms with Gasteiger partial charge >= 0.3 is 0 Å². The van der Waals surface area contributed by atoms with Crippen molar-refractivity contribution in [2.24, 2.45) is 5.41 Å². The van der Waals surface area contributed by atoms with Crippen molar-refractivity contribution >= 4 is 35.0 Å². The van der Waals surface area contributed by atoms with Gasteiger partial charge < -0.3 is 5.32 Å². The molecule has 0 aromatic heterocycles. The molecule has 0 spiro atoms. The average molecular weight is 306 g/mol. The van der Waals surface area contributed by atoms with E-state index in [2.05, 4.69) is 26.1 Å². The first kappa shape index (κ1) is 16.2. The number of halogens is 2. The zero-order valence-corrected chi connectivity index (χ0v) is 13.6. The minimum atomic E-state index is 0.407. The van der Waals surface area contributed by atoms with Crippen molar-refractivity contribution in [2.75, 3.05) is 18.8 Å². The number of nitrogens with one attached hydrogen (secondary N) is 1. The van der Waals surface area contributed by atoms with Crippen LogP contribution in [0.1, 0.15) is 27.2 Å². The molecule has 18 heavy (non-hydrogen) atoms. The summed E-state index contributed by atoms with van der Waals surface area (Å²) in [7, 11) is 0. The van der Waals surface area contributed by atoms with E-state index < -0.39 is 0 Å². The fourth-order valence-electron chi connectivity index (χ4n) is 1.40. The third-order valence-corrected chi connectivity index (χ3v) is 4.22. The van der Waals surface area contributed by atoms with Crippen LogP contribution in [0.15, 0.2) is 23.1 Å². The second-order valence-electron chi connectivity index (χ2n) is 5.49. The van der Waals surface area contributed by atoms with Gasteiger partial charge in [0, 0.05) is 17.2 Å². The van der Waals surface area contributed by atoms with Crippen LogP contribution >= 0.6 is 35.0 Å². The van der Waals surface area contributed by atoms with Crippen LogP contribution in [0, 0.1) is 5.41 Å². The lowest BCUT2D eigenvalue weighted by molar-refractivity contribution is 0.369. The molecule has 0 fully saturated rings. The number of rotatable bonds is 6. The van der Waals surface area contributed by atoms with Crippen molar-refractivity contribution in [3.8, 4) is 0 Å². The normalized spacial score (nSPS) is 11.8. The lowest BCUT2D eigenvalue weighted by Crippen LogP contribution is -2.22. The molecule has 1 nitrogen and oxygen atoms in total. The van der Waals surface area contributed by atoms with E-state index in [-0.39, 0.29) is 0 Å². The van der Waals surface area contributed by atoms with Crippen molar-refractivity contribution in [2.45, 2.75) is 32.1 Å². The predicted octanol–water partition coefficient (Wildman–Crippen LogP) is 5.11. The Hall–Kier alpha value is 0.110. The zero-order chi connectivity index (χ0) is 13.6. The van der Waals surface area contributed by atoms with Gasteiger partial charge in [-0.05, 0) is 36.6 Å². The molecule has 0 amide bonds. The summed E-state index contributed by atoms with van der Waals surface area (Å²) in [6, 6.07) is 5.77. The van der Waals surface area contributed by atoms with Gasteiger partial charge in [0.25, 0.3) is 0 Å². The van der Waals surface area contributed by atoms with Crippen LogP contribution in [0.5, 0.6) is 0 Å². The van der Waals surface area contributed by atoms with Gasteiger partial charge in [-0.2, -0.15) is 0 Å². The summed E-state index contributed by atoms with van der Waals surface area (Å²) in [5, 5.41) is 4.70. The van der Waals surface area contributed by atoms with Gasteiger partial charge in [-0.15, -0.1) is 11.8 Å². The number of hydrogen-bond acceptors (Lipinski definition) is 2. The Balaban J connectivity index is 2.16. The third kappa shape index (κ3) is 6.89. The Morgan fingerprint density at radius 1 is 1.11 bits per heavy atom. The maximum atomic E-state index is 5.97. The van der Waals surface area contributed by atoms with E-state index in [1.54, 1.807) is 11.8 Å². The van der Waals surface area contributed by atoms with E-state index in [1.165, 1.54) is 11.3 Å². The highest BCUT2D eigenvalue weighted by atomic mass is 35.5. The molecular weight excluding hydrogens is 285 g/mol. The van der Waals surface area contributed by atoms with E-state index in [1.807, 2.05) is 18.2 Å². The lowest BCUT2D eigenvalue weighted by atomic mass is 9.92. The molecule has 0 aliphatic carbocycles. The molecule has 0 bridgehead atoms. The molecule has 1 N–H and O–H groups in total. The fraction of sp³-hybridized carbons (Fsp3) is 0.571. The van der Waals surface area contributed by atoms with Crippen LogP contribution in [0.2, 0.25) is 10.0 Å². The highest BCUT2D eigenvalue weighted by molar-refractivity contribution is 7.99. The zero-order valence-electron chi connectivity index (χ0n) is 11.2. The van der Waals surface area contributed by atoms with Crippen molar-refractivity contribution in [1.29, 1.82) is 0 Å². The quantitative estimate of drug-likeness (QED) is 0.579. The van der Waals surface area contributed by atoms with E-state index in [0.717, 1.165) is 18.8 Å². The minimum Gasteiger partial charge on any atom is -0.316 e. The topological polar surface area (TPSA) is 12.0 Å². The molecule has 1 aromatic rings. The molecule has 1 rings (SSSR count). The molecule has 0 heterocycles. The summed E-state index contributed by atoms with van der Waals surface area (Å²) >= 11 is 13.6. The summed E-state index contributed by atoms with van der Waals surface area (Å²) in [6.45, 7) is 8.88. The van der Waals surface area contributed by atoms with Crippen LogP contribution in [0.25, 0.3) is 0 Å².